The minimum Gasteiger partial charge on any atom is -0.351 e. The predicted molar refractivity (Wildman–Crippen MR) is 115 cm³/mol. The van der Waals surface area contributed by atoms with E-state index in [0.717, 1.165) is 27.7 Å². The predicted octanol–water partition coefficient (Wildman–Crippen LogP) is 3.18. The van der Waals surface area contributed by atoms with Crippen molar-refractivity contribution >= 4 is 28.4 Å². The Labute approximate surface area is 170 Å². The molecule has 1 aliphatic rings. The van der Waals surface area contributed by atoms with Crippen LogP contribution >= 0.6 is 0 Å². The van der Waals surface area contributed by atoms with Crippen LogP contribution in [-0.2, 0) is 4.79 Å². The number of para-hydroxylation sites is 2. The summed E-state index contributed by atoms with van der Waals surface area (Å²) in [6, 6.07) is 15.8. The fourth-order valence-electron chi connectivity index (χ4n) is 3.86. The molecule has 2 heterocycles. The number of hydrogen-bond donors (Lipinski definition) is 2. The number of nitrogens with zero attached hydrogens (tertiary/aromatic N) is 2. The lowest BCUT2D eigenvalue weighted by Crippen LogP contribution is -2.50. The Bertz CT molecular complexity index is 995. The molecule has 4 rings (SSSR count). The van der Waals surface area contributed by atoms with Gasteiger partial charge < -0.3 is 15.2 Å². The zero-order valence-electron chi connectivity index (χ0n) is 16.9. The summed E-state index contributed by atoms with van der Waals surface area (Å²) >= 11 is 0. The Morgan fingerprint density at radius 1 is 0.966 bits per heavy atom. The molecule has 1 aliphatic heterocycles. The minimum absolute atomic E-state index is 0.0147. The highest BCUT2D eigenvalue weighted by atomic mass is 16.2. The first kappa shape index (κ1) is 19.2. The first-order valence-corrected chi connectivity index (χ1v) is 9.97. The molecule has 0 saturated carbocycles. The summed E-state index contributed by atoms with van der Waals surface area (Å²) in [5.74, 6) is -0.00127. The third-order valence-corrected chi connectivity index (χ3v) is 5.53. The van der Waals surface area contributed by atoms with Crippen LogP contribution < -0.4 is 5.32 Å². The molecule has 0 radical (unpaired) electrons. The van der Waals surface area contributed by atoms with Crippen molar-refractivity contribution in [1.82, 2.24) is 14.8 Å². The molecule has 3 aromatic rings. The average Bonchev–Trinajstić information content (AvgIpc) is 3.15. The largest absolute Gasteiger partial charge is 0.351 e. The van der Waals surface area contributed by atoms with Crippen molar-refractivity contribution in [1.29, 1.82) is 0 Å². The monoisotopic (exact) mass is 390 g/mol. The highest BCUT2D eigenvalue weighted by Crippen LogP contribution is 2.20. The summed E-state index contributed by atoms with van der Waals surface area (Å²) in [7, 11) is 0. The first-order chi connectivity index (χ1) is 14.0. The topological polar surface area (TPSA) is 68.4 Å². The number of H-pyrrole nitrogens is 1. The van der Waals surface area contributed by atoms with Crippen molar-refractivity contribution in [3.05, 3.63) is 65.4 Å². The van der Waals surface area contributed by atoms with Crippen LogP contribution in [-0.4, -0.2) is 59.3 Å². The van der Waals surface area contributed by atoms with Crippen LogP contribution in [0.15, 0.2) is 48.5 Å². The van der Waals surface area contributed by atoms with E-state index in [1.165, 1.54) is 0 Å². The normalized spacial score (nSPS) is 14.9. The van der Waals surface area contributed by atoms with Gasteiger partial charge >= 0.3 is 0 Å². The summed E-state index contributed by atoms with van der Waals surface area (Å²) in [5.41, 5.74) is 4.61. The maximum Gasteiger partial charge on any atom is 0.270 e. The Morgan fingerprint density at radius 2 is 1.66 bits per heavy atom. The van der Waals surface area contributed by atoms with E-state index in [-0.39, 0.29) is 11.8 Å². The molecule has 6 heteroatoms. The lowest BCUT2D eigenvalue weighted by molar-refractivity contribution is -0.117. The number of benzene rings is 2. The van der Waals surface area contributed by atoms with Gasteiger partial charge in [0.25, 0.3) is 5.91 Å². The van der Waals surface area contributed by atoms with Crippen molar-refractivity contribution in [3.8, 4) is 0 Å². The summed E-state index contributed by atoms with van der Waals surface area (Å²) in [4.78, 5) is 32.4. The van der Waals surface area contributed by atoms with Crippen molar-refractivity contribution in [2.45, 2.75) is 13.8 Å². The molecule has 150 valence electrons. The maximum absolute atomic E-state index is 12.8. The van der Waals surface area contributed by atoms with Gasteiger partial charge in [0.15, 0.2) is 0 Å². The third-order valence-electron chi connectivity index (χ3n) is 5.53. The smallest absolute Gasteiger partial charge is 0.270 e. The zero-order chi connectivity index (χ0) is 20.4. The maximum atomic E-state index is 12.8. The van der Waals surface area contributed by atoms with Crippen LogP contribution in [0.5, 0.6) is 0 Å². The fourth-order valence-corrected chi connectivity index (χ4v) is 3.86. The molecule has 1 aromatic heterocycles. The van der Waals surface area contributed by atoms with Gasteiger partial charge in [-0.3, -0.25) is 14.5 Å². The second-order valence-corrected chi connectivity index (χ2v) is 7.65. The second-order valence-electron chi connectivity index (χ2n) is 7.65. The molecule has 0 bridgehead atoms. The van der Waals surface area contributed by atoms with Crippen LogP contribution in [0, 0.1) is 13.8 Å². The van der Waals surface area contributed by atoms with Gasteiger partial charge in [-0.15, -0.1) is 0 Å². The van der Waals surface area contributed by atoms with E-state index in [4.69, 9.17) is 0 Å². The molecule has 0 atom stereocenters. The molecular weight excluding hydrogens is 364 g/mol. The minimum atomic E-state index is -0.0159. The van der Waals surface area contributed by atoms with Crippen LogP contribution in [0.2, 0.25) is 0 Å². The quantitative estimate of drug-likeness (QED) is 0.719. The summed E-state index contributed by atoms with van der Waals surface area (Å²) < 4.78 is 0. The van der Waals surface area contributed by atoms with Gasteiger partial charge in [-0.2, -0.15) is 0 Å². The number of fused-ring (bicyclic) bond motifs is 1. The Hall–Kier alpha value is -3.12. The molecule has 2 aromatic carbocycles. The number of hydrogen-bond acceptors (Lipinski definition) is 3. The van der Waals surface area contributed by atoms with Gasteiger partial charge in [0.05, 0.1) is 6.54 Å². The Morgan fingerprint density at radius 3 is 2.34 bits per heavy atom. The van der Waals surface area contributed by atoms with Gasteiger partial charge in [0.2, 0.25) is 5.91 Å². The van der Waals surface area contributed by atoms with E-state index in [2.05, 4.69) is 15.2 Å². The first-order valence-electron chi connectivity index (χ1n) is 9.97. The van der Waals surface area contributed by atoms with Gasteiger partial charge in [0.1, 0.15) is 5.69 Å². The SMILES string of the molecule is Cc1cccc(C)c1NC(=O)CN1CCN(C(=O)c2cc3ccccc3[nH]2)CC1. The number of nitrogens with one attached hydrogen (secondary N) is 2. The van der Waals surface area contributed by atoms with E-state index in [1.54, 1.807) is 0 Å². The Balaban J connectivity index is 1.32. The van der Waals surface area contributed by atoms with Gasteiger partial charge in [-0.1, -0.05) is 36.4 Å². The second kappa shape index (κ2) is 8.09. The summed E-state index contributed by atoms with van der Waals surface area (Å²) in [6.45, 7) is 6.93. The molecule has 0 spiro atoms. The van der Waals surface area contributed by atoms with E-state index in [1.807, 2.05) is 67.3 Å². The number of carbonyl (C=O) groups excluding carboxylic acids is 2. The number of anilines is 1. The van der Waals surface area contributed by atoms with E-state index in [9.17, 15) is 9.59 Å². The van der Waals surface area contributed by atoms with Gasteiger partial charge in [0, 0.05) is 42.8 Å². The molecule has 2 amide bonds. The summed E-state index contributed by atoms with van der Waals surface area (Å²) in [6.07, 6.45) is 0. The average molecular weight is 390 g/mol. The van der Waals surface area contributed by atoms with Crippen molar-refractivity contribution < 1.29 is 9.59 Å². The lowest BCUT2D eigenvalue weighted by Gasteiger charge is -2.34. The highest BCUT2D eigenvalue weighted by Gasteiger charge is 2.24. The molecular formula is C23H26N4O2. The van der Waals surface area contributed by atoms with Crippen LogP contribution in [0.4, 0.5) is 5.69 Å². The summed E-state index contributed by atoms with van der Waals surface area (Å²) in [5, 5.41) is 4.07. The fraction of sp³-hybridized carbons (Fsp3) is 0.304. The van der Waals surface area contributed by atoms with Crippen molar-refractivity contribution in [2.75, 3.05) is 38.0 Å². The van der Waals surface area contributed by atoms with Crippen LogP contribution in [0.25, 0.3) is 10.9 Å². The number of aryl methyl sites for hydroxylation is 2. The van der Waals surface area contributed by atoms with Gasteiger partial charge in [-0.25, -0.2) is 0 Å². The number of aromatic nitrogens is 1. The number of amides is 2. The van der Waals surface area contributed by atoms with Crippen LogP contribution in [0.1, 0.15) is 21.6 Å². The van der Waals surface area contributed by atoms with E-state index in [0.29, 0.717) is 38.4 Å². The molecule has 2 N–H and O–H groups in total. The molecule has 29 heavy (non-hydrogen) atoms. The molecule has 6 nitrogen and oxygen atoms in total. The number of rotatable bonds is 4. The lowest BCUT2D eigenvalue weighted by atomic mass is 10.1. The number of carbonyl (C=O) groups is 2. The molecule has 1 saturated heterocycles. The number of aromatic amines is 1. The van der Waals surface area contributed by atoms with Crippen molar-refractivity contribution in [2.24, 2.45) is 0 Å². The standard InChI is InChI=1S/C23H26N4O2/c1-16-6-5-7-17(2)22(16)25-21(28)15-26-10-12-27(13-11-26)23(29)20-14-18-8-3-4-9-19(18)24-20/h3-9,14,24H,10-13,15H2,1-2H3,(H,25,28). The van der Waals surface area contributed by atoms with E-state index >= 15 is 0 Å². The molecule has 0 unspecified atom stereocenters. The van der Waals surface area contributed by atoms with E-state index < -0.39 is 0 Å². The Kier molecular flexibility index (Phi) is 5.36. The highest BCUT2D eigenvalue weighted by molar-refractivity contribution is 5.98. The zero-order valence-corrected chi connectivity index (χ0v) is 16.9. The van der Waals surface area contributed by atoms with Crippen molar-refractivity contribution in [3.63, 3.8) is 0 Å². The third kappa shape index (κ3) is 4.17. The van der Waals surface area contributed by atoms with Crippen LogP contribution in [0.3, 0.4) is 0 Å². The molecule has 0 aliphatic carbocycles. The number of piperazine rings is 1. The van der Waals surface area contributed by atoms with Gasteiger partial charge in [-0.05, 0) is 37.1 Å². The molecule has 1 fully saturated rings.